The molecule has 1 unspecified atom stereocenters. The van der Waals surface area contributed by atoms with Gasteiger partial charge in [0.1, 0.15) is 5.15 Å². The van der Waals surface area contributed by atoms with Crippen molar-refractivity contribution in [2.45, 2.75) is 24.3 Å². The molecule has 138 valence electrons. The average Bonchev–Trinajstić information content (AvgIpc) is 2.59. The predicted octanol–water partition coefficient (Wildman–Crippen LogP) is 1.96. The largest absolute Gasteiger partial charge is 0.449 e. The number of carbonyl (C=O) groups is 2. The quantitative estimate of drug-likeness (QED) is 0.566. The van der Waals surface area contributed by atoms with Gasteiger partial charge in [-0.15, -0.1) is 0 Å². The first-order valence-electron chi connectivity index (χ1n) is 7.47. The lowest BCUT2D eigenvalue weighted by atomic mass is 10.2. The van der Waals surface area contributed by atoms with Gasteiger partial charge >= 0.3 is 5.97 Å². The number of carbonyl (C=O) groups excluding carboxylic acids is 2. The summed E-state index contributed by atoms with van der Waals surface area (Å²) >= 11 is 5.83. The second-order valence-corrected chi connectivity index (χ2v) is 7.12. The van der Waals surface area contributed by atoms with Crippen LogP contribution in [0.3, 0.4) is 0 Å². The Morgan fingerprint density at radius 3 is 2.46 bits per heavy atom. The Labute approximate surface area is 155 Å². The molecule has 0 radical (unpaired) electrons. The third kappa shape index (κ3) is 5.01. The van der Waals surface area contributed by atoms with Gasteiger partial charge in [-0.05, 0) is 42.8 Å². The molecule has 0 spiro atoms. The zero-order valence-corrected chi connectivity index (χ0v) is 15.3. The first-order chi connectivity index (χ1) is 12.2. The van der Waals surface area contributed by atoms with E-state index in [2.05, 4.69) is 10.3 Å². The maximum atomic E-state index is 12.3. The summed E-state index contributed by atoms with van der Waals surface area (Å²) in [7, 11) is -3.82. The van der Waals surface area contributed by atoms with E-state index >= 15 is 0 Å². The first kappa shape index (κ1) is 19.8. The van der Waals surface area contributed by atoms with Crippen LogP contribution in [-0.2, 0) is 19.6 Å². The van der Waals surface area contributed by atoms with Gasteiger partial charge in [0.05, 0.1) is 10.5 Å². The fourth-order valence-corrected chi connectivity index (χ4v) is 2.72. The van der Waals surface area contributed by atoms with Gasteiger partial charge in [-0.25, -0.2) is 23.3 Å². The van der Waals surface area contributed by atoms with Gasteiger partial charge in [0, 0.05) is 11.9 Å². The number of nitrogens with one attached hydrogen (secondary N) is 1. The van der Waals surface area contributed by atoms with Crippen LogP contribution in [0.5, 0.6) is 0 Å². The van der Waals surface area contributed by atoms with Crippen LogP contribution in [0.25, 0.3) is 0 Å². The monoisotopic (exact) mass is 397 g/mol. The van der Waals surface area contributed by atoms with E-state index in [1.807, 2.05) is 0 Å². The normalized spacial score (nSPS) is 12.3. The van der Waals surface area contributed by atoms with Crippen LogP contribution >= 0.6 is 11.6 Å². The standard InChI is InChI=1S/C16H16ClN3O5S/c1-2-13(25-16(22)12-4-3-9-19-14(12)17)15(21)20-10-5-7-11(8-6-10)26(18,23)24/h3-9,13H,2H2,1H3,(H,20,21)(H2,18,23,24). The number of pyridine rings is 1. The summed E-state index contributed by atoms with van der Waals surface area (Å²) in [6.45, 7) is 1.67. The molecular formula is C16H16ClN3O5S. The molecule has 0 saturated heterocycles. The average molecular weight is 398 g/mol. The van der Waals surface area contributed by atoms with Gasteiger partial charge < -0.3 is 10.1 Å². The van der Waals surface area contributed by atoms with Gasteiger partial charge in [0.25, 0.3) is 5.91 Å². The summed E-state index contributed by atoms with van der Waals surface area (Å²) in [6, 6.07) is 8.24. The Balaban J connectivity index is 2.07. The lowest BCUT2D eigenvalue weighted by Crippen LogP contribution is -2.32. The lowest BCUT2D eigenvalue weighted by molar-refractivity contribution is -0.124. The summed E-state index contributed by atoms with van der Waals surface area (Å²) < 4.78 is 27.6. The van der Waals surface area contributed by atoms with Gasteiger partial charge in [-0.2, -0.15) is 0 Å². The fourth-order valence-electron chi connectivity index (χ4n) is 2.00. The summed E-state index contributed by atoms with van der Waals surface area (Å²) in [4.78, 5) is 28.1. The Morgan fingerprint density at radius 2 is 1.92 bits per heavy atom. The van der Waals surface area contributed by atoms with Crippen LogP contribution in [0.4, 0.5) is 5.69 Å². The Hall–Kier alpha value is -2.49. The van der Waals surface area contributed by atoms with E-state index in [4.69, 9.17) is 21.5 Å². The molecule has 1 heterocycles. The molecule has 0 aliphatic carbocycles. The van der Waals surface area contributed by atoms with E-state index in [0.717, 1.165) is 0 Å². The molecule has 2 aromatic rings. The zero-order valence-electron chi connectivity index (χ0n) is 13.7. The number of aromatic nitrogens is 1. The van der Waals surface area contributed by atoms with Crippen molar-refractivity contribution in [2.24, 2.45) is 5.14 Å². The van der Waals surface area contributed by atoms with Crippen molar-refractivity contribution in [1.82, 2.24) is 4.98 Å². The molecule has 10 heteroatoms. The molecule has 0 saturated carbocycles. The van der Waals surface area contributed by atoms with Crippen LogP contribution in [0.15, 0.2) is 47.5 Å². The van der Waals surface area contributed by atoms with Gasteiger partial charge in [0.2, 0.25) is 10.0 Å². The Kier molecular flexibility index (Phi) is 6.30. The van der Waals surface area contributed by atoms with Crippen LogP contribution in [0, 0.1) is 0 Å². The van der Waals surface area contributed by atoms with E-state index in [-0.39, 0.29) is 22.0 Å². The van der Waals surface area contributed by atoms with Gasteiger partial charge in [0.15, 0.2) is 6.10 Å². The number of rotatable bonds is 6. The molecule has 2 rings (SSSR count). The minimum Gasteiger partial charge on any atom is -0.449 e. The topological polar surface area (TPSA) is 128 Å². The van der Waals surface area contributed by atoms with E-state index in [9.17, 15) is 18.0 Å². The summed E-state index contributed by atoms with van der Waals surface area (Å²) in [5, 5.41) is 7.53. The number of halogens is 1. The number of benzene rings is 1. The van der Waals surface area contributed by atoms with Crippen LogP contribution in [-0.4, -0.2) is 31.4 Å². The molecule has 1 aromatic carbocycles. The van der Waals surface area contributed by atoms with E-state index in [1.165, 1.54) is 42.6 Å². The SMILES string of the molecule is CCC(OC(=O)c1cccnc1Cl)C(=O)Nc1ccc(S(N)(=O)=O)cc1. The number of esters is 1. The third-order valence-electron chi connectivity index (χ3n) is 3.34. The van der Waals surface area contributed by atoms with Crippen molar-refractivity contribution in [3.8, 4) is 0 Å². The van der Waals surface area contributed by atoms with Crippen LogP contribution in [0.1, 0.15) is 23.7 Å². The van der Waals surface area contributed by atoms with Crippen molar-refractivity contribution in [3.05, 3.63) is 53.3 Å². The van der Waals surface area contributed by atoms with Crippen LogP contribution < -0.4 is 10.5 Å². The van der Waals surface area contributed by atoms with Gasteiger partial charge in [-0.1, -0.05) is 18.5 Å². The smallest absolute Gasteiger partial charge is 0.342 e. The number of sulfonamides is 1. The van der Waals surface area contributed by atoms with Crippen molar-refractivity contribution >= 4 is 39.2 Å². The van der Waals surface area contributed by atoms with Crippen molar-refractivity contribution in [2.75, 3.05) is 5.32 Å². The molecular weight excluding hydrogens is 382 g/mol. The second-order valence-electron chi connectivity index (χ2n) is 5.20. The molecule has 3 N–H and O–H groups in total. The van der Waals surface area contributed by atoms with E-state index in [1.54, 1.807) is 6.92 Å². The summed E-state index contributed by atoms with van der Waals surface area (Å²) in [6.07, 6.45) is 0.593. The molecule has 0 bridgehead atoms. The predicted molar refractivity (Wildman–Crippen MR) is 95.2 cm³/mol. The number of nitrogens with zero attached hydrogens (tertiary/aromatic N) is 1. The number of anilines is 1. The maximum absolute atomic E-state index is 12.3. The van der Waals surface area contributed by atoms with E-state index in [0.29, 0.717) is 5.69 Å². The van der Waals surface area contributed by atoms with Crippen molar-refractivity contribution < 1.29 is 22.7 Å². The highest BCUT2D eigenvalue weighted by molar-refractivity contribution is 7.89. The summed E-state index contributed by atoms with van der Waals surface area (Å²) in [5.41, 5.74) is 0.384. The highest BCUT2D eigenvalue weighted by Gasteiger charge is 2.23. The second kappa shape index (κ2) is 8.26. The van der Waals surface area contributed by atoms with Crippen molar-refractivity contribution in [1.29, 1.82) is 0 Å². The number of nitrogens with two attached hydrogens (primary N) is 1. The minimum atomic E-state index is -3.82. The first-order valence-corrected chi connectivity index (χ1v) is 9.40. The van der Waals surface area contributed by atoms with Gasteiger partial charge in [-0.3, -0.25) is 4.79 Å². The number of primary sulfonamides is 1. The molecule has 1 atom stereocenters. The minimum absolute atomic E-state index is 0.0219. The fraction of sp³-hybridized carbons (Fsp3) is 0.188. The molecule has 0 aliphatic rings. The molecule has 26 heavy (non-hydrogen) atoms. The molecule has 0 fully saturated rings. The maximum Gasteiger partial charge on any atom is 0.342 e. The highest BCUT2D eigenvalue weighted by atomic mass is 35.5. The van der Waals surface area contributed by atoms with E-state index < -0.39 is 28.0 Å². The molecule has 1 amide bonds. The number of amides is 1. The number of hydrogen-bond acceptors (Lipinski definition) is 6. The Bertz CT molecular complexity index is 916. The molecule has 1 aromatic heterocycles. The molecule has 8 nitrogen and oxygen atoms in total. The van der Waals surface area contributed by atoms with Crippen LogP contribution in [0.2, 0.25) is 5.15 Å². The highest BCUT2D eigenvalue weighted by Crippen LogP contribution is 2.17. The lowest BCUT2D eigenvalue weighted by Gasteiger charge is -2.16. The Morgan fingerprint density at radius 1 is 1.27 bits per heavy atom. The zero-order chi connectivity index (χ0) is 19.3. The summed E-state index contributed by atoms with van der Waals surface area (Å²) in [5.74, 6) is -1.33. The molecule has 0 aliphatic heterocycles. The third-order valence-corrected chi connectivity index (χ3v) is 4.57. The van der Waals surface area contributed by atoms with Crippen molar-refractivity contribution in [3.63, 3.8) is 0 Å². The number of hydrogen-bond donors (Lipinski definition) is 2. The number of ether oxygens (including phenoxy) is 1.